The van der Waals surface area contributed by atoms with Crippen molar-refractivity contribution in [2.24, 2.45) is 0 Å². The van der Waals surface area contributed by atoms with E-state index >= 15 is 0 Å². The van der Waals surface area contributed by atoms with Gasteiger partial charge in [-0.1, -0.05) is 0 Å². The average Bonchev–Trinajstić information content (AvgIpc) is 2.14. The molecule has 0 heterocycles. The molecule has 1 fully saturated rings. The molecule has 0 aromatic carbocycles. The number of carboxylic acid groups (broad SMARTS) is 1. The quantitative estimate of drug-likeness (QED) is 0.795. The van der Waals surface area contributed by atoms with Gasteiger partial charge >= 0.3 is 12.3 Å². The third-order valence-electron chi connectivity index (χ3n) is 2.48. The van der Waals surface area contributed by atoms with Crippen molar-refractivity contribution in [3.63, 3.8) is 0 Å². The van der Waals surface area contributed by atoms with E-state index in [0.29, 0.717) is 25.7 Å². The standard InChI is InChI=1S/C9H14F3NO3/c10-9(11,12)5-16-7-3-1-6(2-4-7)13-8(14)15/h6-7,13H,1-5H2,(H,14,15). The van der Waals surface area contributed by atoms with Crippen LogP contribution in [0.5, 0.6) is 0 Å². The highest BCUT2D eigenvalue weighted by molar-refractivity contribution is 5.64. The molecule has 0 saturated heterocycles. The number of ether oxygens (including phenoxy) is 1. The van der Waals surface area contributed by atoms with Gasteiger partial charge in [-0.05, 0) is 25.7 Å². The van der Waals surface area contributed by atoms with Gasteiger partial charge in [-0.15, -0.1) is 0 Å². The van der Waals surface area contributed by atoms with Crippen LogP contribution < -0.4 is 5.32 Å². The average molecular weight is 241 g/mol. The lowest BCUT2D eigenvalue weighted by Gasteiger charge is -2.28. The van der Waals surface area contributed by atoms with Crippen LogP contribution in [-0.4, -0.2) is 36.1 Å². The molecular weight excluding hydrogens is 227 g/mol. The Balaban J connectivity index is 2.19. The molecule has 0 radical (unpaired) electrons. The maximum Gasteiger partial charge on any atom is 0.411 e. The van der Waals surface area contributed by atoms with Gasteiger partial charge in [0, 0.05) is 6.04 Å². The summed E-state index contributed by atoms with van der Waals surface area (Å²) in [5.74, 6) is 0. The van der Waals surface area contributed by atoms with Crippen LogP contribution in [0.15, 0.2) is 0 Å². The molecule has 16 heavy (non-hydrogen) atoms. The van der Waals surface area contributed by atoms with Gasteiger partial charge in [0.15, 0.2) is 0 Å². The van der Waals surface area contributed by atoms with E-state index in [4.69, 9.17) is 9.84 Å². The molecule has 94 valence electrons. The zero-order valence-electron chi connectivity index (χ0n) is 8.59. The maximum atomic E-state index is 11.8. The van der Waals surface area contributed by atoms with E-state index in [1.54, 1.807) is 0 Å². The highest BCUT2D eigenvalue weighted by Gasteiger charge is 2.31. The van der Waals surface area contributed by atoms with Gasteiger partial charge in [0.2, 0.25) is 0 Å². The number of carbonyl (C=O) groups is 1. The first-order valence-electron chi connectivity index (χ1n) is 5.04. The second kappa shape index (κ2) is 5.38. The number of alkyl halides is 3. The molecule has 0 unspecified atom stereocenters. The normalized spacial score (nSPS) is 26.4. The molecule has 2 N–H and O–H groups in total. The summed E-state index contributed by atoms with van der Waals surface area (Å²) in [7, 11) is 0. The first-order chi connectivity index (χ1) is 7.37. The fourth-order valence-electron chi connectivity index (χ4n) is 1.76. The lowest BCUT2D eigenvalue weighted by Crippen LogP contribution is -2.38. The molecule has 0 spiro atoms. The van der Waals surface area contributed by atoms with E-state index in [2.05, 4.69) is 5.32 Å². The van der Waals surface area contributed by atoms with E-state index in [9.17, 15) is 18.0 Å². The summed E-state index contributed by atoms with van der Waals surface area (Å²) in [5, 5.41) is 10.8. The minimum absolute atomic E-state index is 0.164. The Kier molecular flexibility index (Phi) is 4.40. The summed E-state index contributed by atoms with van der Waals surface area (Å²) >= 11 is 0. The van der Waals surface area contributed by atoms with Crippen LogP contribution in [0.3, 0.4) is 0 Å². The monoisotopic (exact) mass is 241 g/mol. The van der Waals surface area contributed by atoms with E-state index in [1.165, 1.54) is 0 Å². The van der Waals surface area contributed by atoms with Crippen LogP contribution in [0, 0.1) is 0 Å². The van der Waals surface area contributed by atoms with E-state index in [-0.39, 0.29) is 6.04 Å². The van der Waals surface area contributed by atoms with Crippen LogP contribution in [0.25, 0.3) is 0 Å². The van der Waals surface area contributed by atoms with E-state index < -0.39 is 25.0 Å². The minimum atomic E-state index is -4.30. The number of nitrogens with one attached hydrogen (secondary N) is 1. The summed E-state index contributed by atoms with van der Waals surface area (Å²) < 4.78 is 40.2. The number of halogens is 3. The van der Waals surface area contributed by atoms with Crippen molar-refractivity contribution in [2.75, 3.05) is 6.61 Å². The first kappa shape index (κ1) is 13.1. The van der Waals surface area contributed by atoms with Crippen LogP contribution in [-0.2, 0) is 4.74 Å². The van der Waals surface area contributed by atoms with Gasteiger partial charge in [-0.2, -0.15) is 13.2 Å². The van der Waals surface area contributed by atoms with Gasteiger partial charge in [0.05, 0.1) is 6.10 Å². The molecule has 4 nitrogen and oxygen atoms in total. The Morgan fingerprint density at radius 3 is 2.31 bits per heavy atom. The summed E-state index contributed by atoms with van der Waals surface area (Å²) in [6, 6.07) is -0.164. The van der Waals surface area contributed by atoms with E-state index in [0.717, 1.165) is 0 Å². The van der Waals surface area contributed by atoms with Crippen molar-refractivity contribution < 1.29 is 27.8 Å². The van der Waals surface area contributed by atoms with Gasteiger partial charge in [-0.25, -0.2) is 4.79 Å². The van der Waals surface area contributed by atoms with Crippen LogP contribution in [0.1, 0.15) is 25.7 Å². The SMILES string of the molecule is O=C(O)NC1CCC(OCC(F)(F)F)CC1. The van der Waals surface area contributed by atoms with Crippen LogP contribution >= 0.6 is 0 Å². The van der Waals surface area contributed by atoms with Crippen molar-refractivity contribution in [2.45, 2.75) is 44.0 Å². The number of hydrogen-bond donors (Lipinski definition) is 2. The molecule has 1 aliphatic carbocycles. The summed E-state index contributed by atoms with van der Waals surface area (Å²) in [6.07, 6.45) is -3.84. The number of amides is 1. The van der Waals surface area contributed by atoms with Crippen LogP contribution in [0.2, 0.25) is 0 Å². The summed E-state index contributed by atoms with van der Waals surface area (Å²) in [5.41, 5.74) is 0. The predicted molar refractivity (Wildman–Crippen MR) is 49.2 cm³/mol. The zero-order chi connectivity index (χ0) is 12.2. The van der Waals surface area contributed by atoms with Crippen molar-refractivity contribution in [1.29, 1.82) is 0 Å². The number of rotatable bonds is 3. The molecule has 0 atom stereocenters. The lowest BCUT2D eigenvalue weighted by atomic mass is 9.93. The zero-order valence-corrected chi connectivity index (χ0v) is 8.59. The highest BCUT2D eigenvalue weighted by atomic mass is 19.4. The van der Waals surface area contributed by atoms with Gasteiger partial charge in [-0.3, -0.25) is 0 Å². The van der Waals surface area contributed by atoms with Crippen LogP contribution in [0.4, 0.5) is 18.0 Å². The minimum Gasteiger partial charge on any atom is -0.465 e. The van der Waals surface area contributed by atoms with Crippen molar-refractivity contribution in [1.82, 2.24) is 5.32 Å². The summed E-state index contributed by atoms with van der Waals surface area (Å²) in [4.78, 5) is 10.3. The molecular formula is C9H14F3NO3. The Hall–Kier alpha value is -0.980. The second-order valence-corrected chi connectivity index (χ2v) is 3.85. The predicted octanol–water partition coefficient (Wildman–Crippen LogP) is 2.14. The molecule has 0 aromatic heterocycles. The van der Waals surface area contributed by atoms with Crippen molar-refractivity contribution >= 4 is 6.09 Å². The fraction of sp³-hybridized carbons (Fsp3) is 0.889. The molecule has 1 rings (SSSR count). The molecule has 0 aliphatic heterocycles. The van der Waals surface area contributed by atoms with Gasteiger partial charge in [0.1, 0.15) is 6.61 Å². The third kappa shape index (κ3) is 5.20. The maximum absolute atomic E-state index is 11.8. The molecule has 1 aliphatic rings. The van der Waals surface area contributed by atoms with E-state index in [1.807, 2.05) is 0 Å². The molecule has 1 saturated carbocycles. The first-order valence-corrected chi connectivity index (χ1v) is 5.04. The topological polar surface area (TPSA) is 58.6 Å². The van der Waals surface area contributed by atoms with Crippen molar-refractivity contribution in [3.8, 4) is 0 Å². The summed E-state index contributed by atoms with van der Waals surface area (Å²) in [6.45, 7) is -1.23. The Morgan fingerprint density at radius 2 is 1.88 bits per heavy atom. The molecule has 0 aromatic rings. The smallest absolute Gasteiger partial charge is 0.411 e. The van der Waals surface area contributed by atoms with Gasteiger partial charge < -0.3 is 15.2 Å². The van der Waals surface area contributed by atoms with Crippen molar-refractivity contribution in [3.05, 3.63) is 0 Å². The second-order valence-electron chi connectivity index (χ2n) is 3.85. The molecule has 1 amide bonds. The Labute approximate surface area is 90.8 Å². The fourth-order valence-corrected chi connectivity index (χ4v) is 1.76. The lowest BCUT2D eigenvalue weighted by molar-refractivity contribution is -0.188. The molecule has 7 heteroatoms. The molecule has 0 bridgehead atoms. The Morgan fingerprint density at radius 1 is 1.31 bits per heavy atom. The Bertz CT molecular complexity index is 237. The van der Waals surface area contributed by atoms with Gasteiger partial charge in [0.25, 0.3) is 0 Å². The highest BCUT2D eigenvalue weighted by Crippen LogP contribution is 2.24. The largest absolute Gasteiger partial charge is 0.465 e. The number of hydrogen-bond acceptors (Lipinski definition) is 2. The third-order valence-corrected chi connectivity index (χ3v) is 2.48.